The van der Waals surface area contributed by atoms with Gasteiger partial charge in [-0.25, -0.2) is 4.98 Å². The van der Waals surface area contributed by atoms with Crippen molar-refractivity contribution in [2.24, 2.45) is 0 Å². The Bertz CT molecular complexity index is 952. The first-order chi connectivity index (χ1) is 13.3. The predicted molar refractivity (Wildman–Crippen MR) is 106 cm³/mol. The molecule has 5 rings (SSSR count). The lowest BCUT2D eigenvalue weighted by atomic mass is 10.1. The molecular weight excluding hydrogens is 356 g/mol. The summed E-state index contributed by atoms with van der Waals surface area (Å²) in [4.78, 5) is 29.7. The van der Waals surface area contributed by atoms with Crippen molar-refractivity contribution in [3.63, 3.8) is 0 Å². The van der Waals surface area contributed by atoms with Gasteiger partial charge in [0.1, 0.15) is 5.82 Å². The summed E-state index contributed by atoms with van der Waals surface area (Å²) in [6.45, 7) is 1.33. The van der Waals surface area contributed by atoms with Gasteiger partial charge in [0.2, 0.25) is 0 Å². The van der Waals surface area contributed by atoms with Crippen molar-refractivity contribution in [3.8, 4) is 11.4 Å². The first kappa shape index (κ1) is 16.7. The fourth-order valence-electron chi connectivity index (χ4n) is 4.04. The zero-order chi connectivity index (χ0) is 18.2. The summed E-state index contributed by atoms with van der Waals surface area (Å²) in [5.41, 5.74) is 4.50. The third-order valence-electron chi connectivity index (χ3n) is 5.51. The average Bonchev–Trinajstić information content (AvgIpc) is 3.26. The molecule has 5 nitrogen and oxygen atoms in total. The lowest BCUT2D eigenvalue weighted by molar-refractivity contribution is 0.0737. The highest BCUT2D eigenvalue weighted by atomic mass is 32.1. The molecule has 0 unspecified atom stereocenters. The summed E-state index contributed by atoms with van der Waals surface area (Å²) < 4.78 is 0. The van der Waals surface area contributed by atoms with E-state index >= 15 is 0 Å². The van der Waals surface area contributed by atoms with Crippen LogP contribution in [0.2, 0.25) is 0 Å². The summed E-state index contributed by atoms with van der Waals surface area (Å²) in [5, 5.41) is 0. The molecule has 0 bridgehead atoms. The third kappa shape index (κ3) is 3.18. The van der Waals surface area contributed by atoms with Gasteiger partial charge in [-0.15, -0.1) is 11.3 Å². The second-order valence-electron chi connectivity index (χ2n) is 7.35. The molecule has 2 aliphatic rings. The fraction of sp³-hybridized carbons (Fsp3) is 0.381. The SMILES string of the molecule is O=C(c1cc2c(s1)CCCCC2)N1CCc2nc(-c3cccnc3)[nH]c2C1. The van der Waals surface area contributed by atoms with Crippen LogP contribution in [0.5, 0.6) is 0 Å². The Labute approximate surface area is 162 Å². The van der Waals surface area contributed by atoms with Gasteiger partial charge in [-0.1, -0.05) is 6.42 Å². The molecular formula is C21H22N4OS. The van der Waals surface area contributed by atoms with Crippen molar-refractivity contribution in [3.05, 3.63) is 57.3 Å². The number of pyridine rings is 1. The van der Waals surface area contributed by atoms with E-state index in [-0.39, 0.29) is 5.91 Å². The Hall–Kier alpha value is -2.47. The van der Waals surface area contributed by atoms with E-state index in [1.165, 1.54) is 29.7 Å². The number of fused-ring (bicyclic) bond motifs is 2. The number of aromatic nitrogens is 3. The Morgan fingerprint density at radius 1 is 1.19 bits per heavy atom. The summed E-state index contributed by atoms with van der Waals surface area (Å²) in [6, 6.07) is 6.06. The number of thiophene rings is 1. The second-order valence-corrected chi connectivity index (χ2v) is 8.49. The van der Waals surface area contributed by atoms with E-state index in [4.69, 9.17) is 4.98 Å². The van der Waals surface area contributed by atoms with Crippen LogP contribution in [0.4, 0.5) is 0 Å². The lowest BCUT2D eigenvalue weighted by Gasteiger charge is -2.25. The van der Waals surface area contributed by atoms with E-state index in [2.05, 4.69) is 16.0 Å². The Balaban J connectivity index is 1.36. The van der Waals surface area contributed by atoms with Crippen molar-refractivity contribution in [1.82, 2.24) is 19.9 Å². The number of hydrogen-bond donors (Lipinski definition) is 1. The molecule has 3 aromatic rings. The highest BCUT2D eigenvalue weighted by Crippen LogP contribution is 2.31. The molecule has 0 spiro atoms. The number of nitrogens with one attached hydrogen (secondary N) is 1. The Kier molecular flexibility index (Phi) is 4.28. The maximum absolute atomic E-state index is 13.1. The van der Waals surface area contributed by atoms with Gasteiger partial charge in [0.05, 0.1) is 22.8 Å². The predicted octanol–water partition coefficient (Wildman–Crippen LogP) is 4.00. The molecule has 27 heavy (non-hydrogen) atoms. The molecule has 0 saturated carbocycles. The zero-order valence-electron chi connectivity index (χ0n) is 15.2. The van der Waals surface area contributed by atoms with Crippen LogP contribution in [-0.4, -0.2) is 32.3 Å². The van der Waals surface area contributed by atoms with Gasteiger partial charge in [0, 0.05) is 35.8 Å². The highest BCUT2D eigenvalue weighted by molar-refractivity contribution is 7.14. The monoisotopic (exact) mass is 378 g/mol. The Morgan fingerprint density at radius 3 is 3.00 bits per heavy atom. The number of carbonyl (C=O) groups is 1. The zero-order valence-corrected chi connectivity index (χ0v) is 16.0. The topological polar surface area (TPSA) is 61.9 Å². The van der Waals surface area contributed by atoms with Crippen LogP contribution >= 0.6 is 11.3 Å². The molecule has 1 amide bonds. The minimum absolute atomic E-state index is 0.163. The average molecular weight is 379 g/mol. The molecule has 1 aliphatic carbocycles. The summed E-state index contributed by atoms with van der Waals surface area (Å²) in [7, 11) is 0. The Morgan fingerprint density at radius 2 is 2.11 bits per heavy atom. The van der Waals surface area contributed by atoms with Crippen molar-refractivity contribution in [2.75, 3.05) is 6.54 Å². The molecule has 0 atom stereocenters. The van der Waals surface area contributed by atoms with E-state index in [0.29, 0.717) is 6.54 Å². The van der Waals surface area contributed by atoms with Gasteiger partial charge in [-0.2, -0.15) is 0 Å². The molecule has 0 radical (unpaired) electrons. The minimum Gasteiger partial charge on any atom is -0.340 e. The number of H-pyrrole nitrogens is 1. The van der Waals surface area contributed by atoms with Gasteiger partial charge >= 0.3 is 0 Å². The summed E-state index contributed by atoms with van der Waals surface area (Å²) >= 11 is 1.71. The maximum atomic E-state index is 13.1. The molecule has 6 heteroatoms. The molecule has 0 saturated heterocycles. The fourth-order valence-corrected chi connectivity index (χ4v) is 5.26. The summed E-state index contributed by atoms with van der Waals surface area (Å²) in [5.74, 6) is 1.00. The smallest absolute Gasteiger partial charge is 0.264 e. The minimum atomic E-state index is 0.163. The van der Waals surface area contributed by atoms with Crippen LogP contribution in [-0.2, 0) is 25.8 Å². The van der Waals surface area contributed by atoms with Crippen LogP contribution in [0, 0.1) is 0 Å². The second kappa shape index (κ2) is 6.93. The molecule has 0 aromatic carbocycles. The molecule has 138 valence electrons. The number of carbonyl (C=O) groups excluding carboxylic acids is 1. The van der Waals surface area contributed by atoms with Crippen LogP contribution in [0.1, 0.15) is 50.8 Å². The first-order valence-electron chi connectivity index (χ1n) is 9.67. The number of aryl methyl sites for hydroxylation is 2. The van der Waals surface area contributed by atoms with E-state index in [1.807, 2.05) is 23.2 Å². The number of hydrogen-bond acceptors (Lipinski definition) is 4. The van der Waals surface area contributed by atoms with Crippen molar-refractivity contribution in [2.45, 2.75) is 45.1 Å². The number of amides is 1. The largest absolute Gasteiger partial charge is 0.340 e. The number of aromatic amines is 1. The first-order valence-corrected chi connectivity index (χ1v) is 10.5. The van der Waals surface area contributed by atoms with Gasteiger partial charge in [-0.05, 0) is 49.4 Å². The van der Waals surface area contributed by atoms with E-state index in [9.17, 15) is 4.79 Å². The van der Waals surface area contributed by atoms with Crippen LogP contribution in [0.25, 0.3) is 11.4 Å². The van der Waals surface area contributed by atoms with Gasteiger partial charge in [0.25, 0.3) is 5.91 Å². The standard InChI is InChI=1S/C21H22N4OS/c26-21(19-11-14-5-2-1-3-7-18(14)27-19)25-10-8-16-17(13-25)24-20(23-16)15-6-4-9-22-12-15/h4,6,9,11-12H,1-3,5,7-8,10,13H2,(H,23,24). The van der Waals surface area contributed by atoms with E-state index in [0.717, 1.165) is 53.5 Å². The number of rotatable bonds is 2. The van der Waals surface area contributed by atoms with Gasteiger partial charge in [-0.3, -0.25) is 9.78 Å². The highest BCUT2D eigenvalue weighted by Gasteiger charge is 2.26. The quantitative estimate of drug-likeness (QED) is 0.686. The molecule has 4 heterocycles. The van der Waals surface area contributed by atoms with Gasteiger partial charge in [0.15, 0.2) is 0 Å². The molecule has 1 aliphatic heterocycles. The van der Waals surface area contributed by atoms with Crippen LogP contribution < -0.4 is 0 Å². The van der Waals surface area contributed by atoms with Crippen LogP contribution in [0.15, 0.2) is 30.6 Å². The number of imidazole rings is 1. The maximum Gasteiger partial charge on any atom is 0.264 e. The van der Waals surface area contributed by atoms with Crippen molar-refractivity contribution >= 4 is 17.2 Å². The van der Waals surface area contributed by atoms with Crippen LogP contribution in [0.3, 0.4) is 0 Å². The normalized spacial score (nSPS) is 16.5. The lowest BCUT2D eigenvalue weighted by Crippen LogP contribution is -2.35. The van der Waals surface area contributed by atoms with Crippen molar-refractivity contribution in [1.29, 1.82) is 0 Å². The van der Waals surface area contributed by atoms with E-state index < -0.39 is 0 Å². The van der Waals surface area contributed by atoms with E-state index in [1.54, 1.807) is 17.5 Å². The molecule has 1 N–H and O–H groups in total. The van der Waals surface area contributed by atoms with Gasteiger partial charge < -0.3 is 9.88 Å². The summed E-state index contributed by atoms with van der Waals surface area (Å²) in [6.07, 6.45) is 10.4. The van der Waals surface area contributed by atoms with Crippen molar-refractivity contribution < 1.29 is 4.79 Å². The third-order valence-corrected chi connectivity index (χ3v) is 6.74. The molecule has 0 fully saturated rings. The number of nitrogens with zero attached hydrogens (tertiary/aromatic N) is 3. The molecule has 3 aromatic heterocycles.